The lowest BCUT2D eigenvalue weighted by Crippen LogP contribution is -2.25. The molecular weight excluding hydrogens is 328 g/mol. The molecule has 0 unspecified atom stereocenters. The van der Waals surface area contributed by atoms with E-state index in [0.29, 0.717) is 25.8 Å². The van der Waals surface area contributed by atoms with E-state index in [4.69, 9.17) is 4.74 Å². The maximum Gasteiger partial charge on any atom is 0.387 e. The van der Waals surface area contributed by atoms with E-state index in [2.05, 4.69) is 10.1 Å². The highest BCUT2D eigenvalue weighted by atomic mass is 19.3. The van der Waals surface area contributed by atoms with E-state index in [0.717, 1.165) is 16.9 Å². The third kappa shape index (κ3) is 6.79. The standard InChI is InChI=1S/C19H21F2NO3/c1-24-16-7-2-14(3-8-16)6-11-18(23)22-13-12-15-4-9-17(10-5-15)25-19(20)21/h2-5,7-10,19H,6,11-13H2,1H3,(H,22,23). The Kier molecular flexibility index (Phi) is 7.19. The molecule has 0 heterocycles. The Bertz CT molecular complexity index is 657. The first kappa shape index (κ1) is 18.7. The SMILES string of the molecule is COc1ccc(CCC(=O)NCCc2ccc(OC(F)F)cc2)cc1. The van der Waals surface area contributed by atoms with Gasteiger partial charge in [-0.2, -0.15) is 8.78 Å². The molecule has 0 aliphatic carbocycles. The quantitative estimate of drug-likeness (QED) is 0.753. The van der Waals surface area contributed by atoms with Crippen molar-refractivity contribution in [2.24, 2.45) is 0 Å². The van der Waals surface area contributed by atoms with Crippen molar-refractivity contribution in [1.82, 2.24) is 5.32 Å². The zero-order valence-corrected chi connectivity index (χ0v) is 14.0. The van der Waals surface area contributed by atoms with Crippen molar-refractivity contribution in [2.45, 2.75) is 25.9 Å². The molecule has 0 spiro atoms. The molecule has 6 heteroatoms. The van der Waals surface area contributed by atoms with Gasteiger partial charge in [-0.1, -0.05) is 24.3 Å². The Morgan fingerprint density at radius 2 is 1.52 bits per heavy atom. The Labute approximate surface area is 145 Å². The van der Waals surface area contributed by atoms with Crippen LogP contribution in [0.1, 0.15) is 17.5 Å². The van der Waals surface area contributed by atoms with E-state index < -0.39 is 6.61 Å². The molecule has 1 amide bonds. The number of carbonyl (C=O) groups excluding carboxylic acids is 1. The molecule has 0 aromatic heterocycles. The molecular formula is C19H21F2NO3. The highest BCUT2D eigenvalue weighted by Gasteiger charge is 2.05. The van der Waals surface area contributed by atoms with Crippen molar-refractivity contribution in [1.29, 1.82) is 0 Å². The third-order valence-electron chi connectivity index (χ3n) is 3.68. The summed E-state index contributed by atoms with van der Waals surface area (Å²) in [6.45, 7) is -2.33. The van der Waals surface area contributed by atoms with Gasteiger partial charge in [0.2, 0.25) is 5.91 Å². The van der Waals surface area contributed by atoms with Crippen LogP contribution in [0.3, 0.4) is 0 Å². The van der Waals surface area contributed by atoms with Crippen LogP contribution in [0.25, 0.3) is 0 Å². The normalized spacial score (nSPS) is 10.6. The fourth-order valence-electron chi connectivity index (χ4n) is 2.32. The maximum atomic E-state index is 12.1. The third-order valence-corrected chi connectivity index (χ3v) is 3.68. The van der Waals surface area contributed by atoms with Crippen LogP contribution >= 0.6 is 0 Å². The van der Waals surface area contributed by atoms with Crippen LogP contribution in [0.2, 0.25) is 0 Å². The van der Waals surface area contributed by atoms with Gasteiger partial charge in [-0.15, -0.1) is 0 Å². The van der Waals surface area contributed by atoms with Crippen LogP contribution in [0.5, 0.6) is 11.5 Å². The molecule has 0 saturated carbocycles. The van der Waals surface area contributed by atoms with Crippen LogP contribution < -0.4 is 14.8 Å². The predicted octanol–water partition coefficient (Wildman–Crippen LogP) is 3.59. The summed E-state index contributed by atoms with van der Waals surface area (Å²) in [5, 5.41) is 2.86. The molecule has 0 fully saturated rings. The minimum atomic E-state index is -2.82. The monoisotopic (exact) mass is 349 g/mol. The molecule has 0 atom stereocenters. The number of carbonyl (C=O) groups is 1. The highest BCUT2D eigenvalue weighted by Crippen LogP contribution is 2.15. The number of methoxy groups -OCH3 is 1. The number of hydrogen-bond acceptors (Lipinski definition) is 3. The first-order chi connectivity index (χ1) is 12.1. The average Bonchev–Trinajstić information content (AvgIpc) is 2.61. The summed E-state index contributed by atoms with van der Waals surface area (Å²) >= 11 is 0. The topological polar surface area (TPSA) is 47.6 Å². The molecule has 0 aliphatic rings. The molecule has 2 aromatic carbocycles. The van der Waals surface area contributed by atoms with Crippen LogP contribution in [-0.2, 0) is 17.6 Å². The number of hydrogen-bond donors (Lipinski definition) is 1. The van der Waals surface area contributed by atoms with Crippen LogP contribution in [0, 0.1) is 0 Å². The van der Waals surface area contributed by atoms with Gasteiger partial charge in [-0.25, -0.2) is 0 Å². The number of rotatable bonds is 9. The van der Waals surface area contributed by atoms with Gasteiger partial charge < -0.3 is 14.8 Å². The molecule has 2 aromatic rings. The summed E-state index contributed by atoms with van der Waals surface area (Å²) in [7, 11) is 1.61. The molecule has 134 valence electrons. The summed E-state index contributed by atoms with van der Waals surface area (Å²) < 4.78 is 33.5. The molecule has 0 aliphatic heterocycles. The van der Waals surface area contributed by atoms with Crippen molar-refractivity contribution in [2.75, 3.05) is 13.7 Å². The molecule has 25 heavy (non-hydrogen) atoms. The van der Waals surface area contributed by atoms with E-state index >= 15 is 0 Å². The summed E-state index contributed by atoms with van der Waals surface area (Å²) in [4.78, 5) is 11.9. The number of halogens is 2. The van der Waals surface area contributed by atoms with Crippen molar-refractivity contribution < 1.29 is 23.0 Å². The molecule has 0 saturated heterocycles. The van der Waals surface area contributed by atoms with Crippen molar-refractivity contribution in [3.8, 4) is 11.5 Å². The van der Waals surface area contributed by atoms with Crippen LogP contribution in [-0.4, -0.2) is 26.2 Å². The van der Waals surface area contributed by atoms with Crippen molar-refractivity contribution >= 4 is 5.91 Å². The lowest BCUT2D eigenvalue weighted by molar-refractivity contribution is -0.121. The molecule has 0 radical (unpaired) electrons. The largest absolute Gasteiger partial charge is 0.497 e. The van der Waals surface area contributed by atoms with Gasteiger partial charge >= 0.3 is 6.61 Å². The van der Waals surface area contributed by atoms with Gasteiger partial charge in [0.1, 0.15) is 11.5 Å². The van der Waals surface area contributed by atoms with Crippen molar-refractivity contribution in [3.05, 3.63) is 59.7 Å². The van der Waals surface area contributed by atoms with E-state index in [9.17, 15) is 13.6 Å². The number of nitrogens with one attached hydrogen (secondary N) is 1. The zero-order chi connectivity index (χ0) is 18.1. The minimum absolute atomic E-state index is 0.0199. The number of benzene rings is 2. The Morgan fingerprint density at radius 1 is 0.960 bits per heavy atom. The first-order valence-corrected chi connectivity index (χ1v) is 8.00. The highest BCUT2D eigenvalue weighted by molar-refractivity contribution is 5.76. The van der Waals surface area contributed by atoms with Gasteiger partial charge in [0.15, 0.2) is 0 Å². The summed E-state index contributed by atoms with van der Waals surface area (Å²) in [5.74, 6) is 0.897. The molecule has 0 bridgehead atoms. The fourth-order valence-corrected chi connectivity index (χ4v) is 2.32. The lowest BCUT2D eigenvalue weighted by atomic mass is 10.1. The van der Waals surface area contributed by atoms with E-state index in [1.54, 1.807) is 19.2 Å². The van der Waals surface area contributed by atoms with E-state index in [-0.39, 0.29) is 11.7 Å². The average molecular weight is 349 g/mol. The zero-order valence-electron chi connectivity index (χ0n) is 14.0. The lowest BCUT2D eigenvalue weighted by Gasteiger charge is -2.08. The smallest absolute Gasteiger partial charge is 0.387 e. The van der Waals surface area contributed by atoms with Gasteiger partial charge in [-0.3, -0.25) is 4.79 Å². The summed E-state index contributed by atoms with van der Waals surface area (Å²) in [6, 6.07) is 14.0. The molecule has 2 rings (SSSR count). The number of alkyl halides is 2. The first-order valence-electron chi connectivity index (χ1n) is 8.00. The number of aryl methyl sites for hydroxylation is 1. The van der Waals surface area contributed by atoms with Gasteiger partial charge in [0.25, 0.3) is 0 Å². The fraction of sp³-hybridized carbons (Fsp3) is 0.316. The van der Waals surface area contributed by atoms with E-state index in [1.165, 1.54) is 12.1 Å². The Morgan fingerprint density at radius 3 is 2.08 bits per heavy atom. The van der Waals surface area contributed by atoms with Gasteiger partial charge in [0.05, 0.1) is 7.11 Å². The second kappa shape index (κ2) is 9.61. The minimum Gasteiger partial charge on any atom is -0.497 e. The second-order valence-corrected chi connectivity index (χ2v) is 5.47. The van der Waals surface area contributed by atoms with Crippen LogP contribution in [0.15, 0.2) is 48.5 Å². The number of ether oxygens (including phenoxy) is 2. The summed E-state index contributed by atoms with van der Waals surface area (Å²) in [5.41, 5.74) is 2.02. The van der Waals surface area contributed by atoms with Crippen LogP contribution in [0.4, 0.5) is 8.78 Å². The van der Waals surface area contributed by atoms with Gasteiger partial charge in [0, 0.05) is 13.0 Å². The second-order valence-electron chi connectivity index (χ2n) is 5.47. The molecule has 1 N–H and O–H groups in total. The Balaban J connectivity index is 1.67. The van der Waals surface area contributed by atoms with Crippen molar-refractivity contribution in [3.63, 3.8) is 0 Å². The maximum absolute atomic E-state index is 12.1. The molecule has 4 nitrogen and oxygen atoms in total. The van der Waals surface area contributed by atoms with E-state index in [1.807, 2.05) is 24.3 Å². The summed E-state index contributed by atoms with van der Waals surface area (Å²) in [6.07, 6.45) is 1.70. The van der Waals surface area contributed by atoms with Gasteiger partial charge in [-0.05, 0) is 48.2 Å². The predicted molar refractivity (Wildman–Crippen MR) is 91.1 cm³/mol. The number of amides is 1. The Hall–Kier alpha value is -2.63.